The first-order valence-corrected chi connectivity index (χ1v) is 15.0. The first kappa shape index (κ1) is 32.3. The third-order valence-corrected chi connectivity index (χ3v) is 7.81. The number of carbonyl (C=O) groups excluding carboxylic acids is 3. The van der Waals surface area contributed by atoms with Crippen molar-refractivity contribution in [2.45, 2.75) is 97.0 Å². The number of rotatable bonds is 12. The zero-order chi connectivity index (χ0) is 30.0. The number of Topliss-reactive ketones (excluding diaryl/α,β-unsaturated/α-hetero) is 1. The van der Waals surface area contributed by atoms with E-state index in [0.29, 0.717) is 62.9 Å². The van der Waals surface area contributed by atoms with E-state index in [0.717, 1.165) is 32.1 Å². The summed E-state index contributed by atoms with van der Waals surface area (Å²) < 4.78 is 11.1. The standard InChI is InChI=1S/C31H47N3O7/c1-5-15-40-26-16-25(19-32-20-26)24(18-29(37)38)17-27(35)23-7-6-12-34(21-23)28(36)9-8-22-10-13-33(14-11-22)30(39)41-31(2,3)4/h16,19-20,22-24H,5-15,17-18,21H2,1-4H3,(H,37,38)/t23-,24?/m1/s1. The highest BCUT2D eigenvalue weighted by Gasteiger charge is 2.32. The van der Waals surface area contributed by atoms with Crippen LogP contribution in [0.15, 0.2) is 18.5 Å². The highest BCUT2D eigenvalue weighted by Crippen LogP contribution is 2.30. The topological polar surface area (TPSA) is 126 Å². The van der Waals surface area contributed by atoms with E-state index in [-0.39, 0.29) is 36.5 Å². The summed E-state index contributed by atoms with van der Waals surface area (Å²) in [6.45, 7) is 10.4. The van der Waals surface area contributed by atoms with Crippen LogP contribution in [0.25, 0.3) is 0 Å². The number of piperidine rings is 2. The van der Waals surface area contributed by atoms with E-state index in [2.05, 4.69) is 4.98 Å². The van der Waals surface area contributed by atoms with E-state index in [1.165, 1.54) is 0 Å². The molecule has 3 rings (SSSR count). The number of pyridine rings is 1. The third kappa shape index (κ3) is 10.6. The van der Waals surface area contributed by atoms with Crippen LogP contribution in [0, 0.1) is 11.8 Å². The third-order valence-electron chi connectivity index (χ3n) is 7.81. The predicted octanol–water partition coefficient (Wildman–Crippen LogP) is 5.05. The van der Waals surface area contributed by atoms with Crippen LogP contribution in [0.1, 0.15) is 97.0 Å². The largest absolute Gasteiger partial charge is 0.492 e. The summed E-state index contributed by atoms with van der Waals surface area (Å²) in [7, 11) is 0. The van der Waals surface area contributed by atoms with Crippen molar-refractivity contribution in [3.63, 3.8) is 0 Å². The number of hydrogen-bond donors (Lipinski definition) is 1. The van der Waals surface area contributed by atoms with Gasteiger partial charge in [0, 0.05) is 57.1 Å². The Morgan fingerprint density at radius 2 is 1.78 bits per heavy atom. The fraction of sp³-hybridized carbons (Fsp3) is 0.710. The number of ketones is 1. The molecule has 10 heteroatoms. The number of ether oxygens (including phenoxy) is 2. The van der Waals surface area contributed by atoms with Crippen molar-refractivity contribution < 1.29 is 33.8 Å². The molecule has 2 fully saturated rings. The average molecular weight is 574 g/mol. The maximum atomic E-state index is 13.3. The van der Waals surface area contributed by atoms with E-state index < -0.39 is 17.5 Å². The number of carboxylic acids is 1. The monoisotopic (exact) mass is 573 g/mol. The Hall–Kier alpha value is -3.17. The normalized spacial score (nSPS) is 19.0. The predicted molar refractivity (Wildman–Crippen MR) is 154 cm³/mol. The maximum absolute atomic E-state index is 13.3. The van der Waals surface area contributed by atoms with Crippen molar-refractivity contribution in [2.24, 2.45) is 11.8 Å². The average Bonchev–Trinajstić information content (AvgIpc) is 2.93. The van der Waals surface area contributed by atoms with Crippen LogP contribution in [0.4, 0.5) is 4.79 Å². The Bertz CT molecular complexity index is 1050. The summed E-state index contributed by atoms with van der Waals surface area (Å²) in [6, 6.07) is 1.78. The lowest BCUT2D eigenvalue weighted by molar-refractivity contribution is -0.137. The molecule has 2 atom stereocenters. The second kappa shape index (κ2) is 15.2. The van der Waals surface area contributed by atoms with E-state index in [9.17, 15) is 24.3 Å². The summed E-state index contributed by atoms with van der Waals surface area (Å²) in [6.07, 6.45) is 8.00. The fourth-order valence-corrected chi connectivity index (χ4v) is 5.57. The highest BCUT2D eigenvalue weighted by atomic mass is 16.6. The van der Waals surface area contributed by atoms with Gasteiger partial charge in [-0.3, -0.25) is 19.4 Å². The summed E-state index contributed by atoms with van der Waals surface area (Å²) in [5.74, 6) is -0.782. The number of likely N-dealkylation sites (tertiary alicyclic amines) is 2. The molecule has 0 aliphatic carbocycles. The number of aliphatic carboxylic acids is 1. The SMILES string of the molecule is CCCOc1cncc(C(CC(=O)O)CC(=O)[C@@H]2CCCN(C(=O)CCC3CCN(C(=O)OC(C)(C)C)CC3)C2)c1. The van der Waals surface area contributed by atoms with Gasteiger partial charge in [-0.15, -0.1) is 0 Å². The molecule has 0 spiro atoms. The zero-order valence-corrected chi connectivity index (χ0v) is 25.1. The summed E-state index contributed by atoms with van der Waals surface area (Å²) in [5.41, 5.74) is 0.160. The van der Waals surface area contributed by atoms with Gasteiger partial charge in [0.25, 0.3) is 0 Å². The molecule has 1 N–H and O–H groups in total. The van der Waals surface area contributed by atoms with Gasteiger partial charge in [0.05, 0.1) is 19.2 Å². The Labute approximate surface area is 243 Å². The smallest absolute Gasteiger partial charge is 0.410 e. The molecule has 0 aromatic carbocycles. The van der Waals surface area contributed by atoms with Gasteiger partial charge in [-0.25, -0.2) is 4.79 Å². The van der Waals surface area contributed by atoms with Crippen LogP contribution < -0.4 is 4.74 Å². The van der Waals surface area contributed by atoms with Gasteiger partial charge < -0.3 is 24.4 Å². The van der Waals surface area contributed by atoms with Crippen LogP contribution in [-0.4, -0.2) is 82.0 Å². The number of carboxylic acid groups (broad SMARTS) is 1. The number of aromatic nitrogens is 1. The molecular weight excluding hydrogens is 526 g/mol. The van der Waals surface area contributed by atoms with Gasteiger partial charge >= 0.3 is 12.1 Å². The molecule has 0 saturated carbocycles. The van der Waals surface area contributed by atoms with Crippen molar-refractivity contribution in [1.29, 1.82) is 0 Å². The van der Waals surface area contributed by atoms with E-state index >= 15 is 0 Å². The summed E-state index contributed by atoms with van der Waals surface area (Å²) in [4.78, 5) is 58.1. The van der Waals surface area contributed by atoms with Crippen LogP contribution in [-0.2, 0) is 19.1 Å². The fourth-order valence-electron chi connectivity index (χ4n) is 5.57. The van der Waals surface area contributed by atoms with Gasteiger partial charge in [-0.05, 0) is 76.8 Å². The van der Waals surface area contributed by atoms with Crippen molar-refractivity contribution >= 4 is 23.8 Å². The molecule has 2 amide bonds. The minimum atomic E-state index is -0.972. The Balaban J connectivity index is 1.49. The molecule has 2 aliphatic heterocycles. The lowest BCUT2D eigenvalue weighted by atomic mass is 9.84. The molecule has 228 valence electrons. The molecule has 41 heavy (non-hydrogen) atoms. The second-order valence-corrected chi connectivity index (χ2v) is 12.4. The number of hydrogen-bond acceptors (Lipinski definition) is 7. The molecule has 1 aromatic heterocycles. The molecular formula is C31H47N3O7. The first-order chi connectivity index (χ1) is 19.4. The minimum Gasteiger partial charge on any atom is -0.492 e. The van der Waals surface area contributed by atoms with Crippen LogP contribution in [0.5, 0.6) is 5.75 Å². The molecule has 0 radical (unpaired) electrons. The summed E-state index contributed by atoms with van der Waals surface area (Å²) >= 11 is 0. The molecule has 0 bridgehead atoms. The molecule has 1 unspecified atom stereocenters. The minimum absolute atomic E-state index is 0.0110. The first-order valence-electron chi connectivity index (χ1n) is 15.0. The molecule has 2 saturated heterocycles. The Kier molecular flexibility index (Phi) is 12.0. The number of amides is 2. The van der Waals surface area contributed by atoms with Gasteiger partial charge in [0.1, 0.15) is 17.1 Å². The van der Waals surface area contributed by atoms with Crippen LogP contribution in [0.3, 0.4) is 0 Å². The van der Waals surface area contributed by atoms with E-state index in [1.54, 1.807) is 28.3 Å². The van der Waals surface area contributed by atoms with Gasteiger partial charge in [0.15, 0.2) is 0 Å². The molecule has 1 aromatic rings. The lowest BCUT2D eigenvalue weighted by Crippen LogP contribution is -2.43. The lowest BCUT2D eigenvalue weighted by Gasteiger charge is -2.35. The number of nitrogens with zero attached hydrogens (tertiary/aromatic N) is 3. The van der Waals surface area contributed by atoms with Gasteiger partial charge in [-0.2, -0.15) is 0 Å². The summed E-state index contributed by atoms with van der Waals surface area (Å²) in [5, 5.41) is 9.51. The van der Waals surface area contributed by atoms with E-state index in [1.807, 2.05) is 27.7 Å². The van der Waals surface area contributed by atoms with Crippen molar-refractivity contribution in [1.82, 2.24) is 14.8 Å². The molecule has 3 heterocycles. The molecule has 2 aliphatic rings. The zero-order valence-electron chi connectivity index (χ0n) is 25.1. The van der Waals surface area contributed by atoms with Crippen molar-refractivity contribution in [3.8, 4) is 5.75 Å². The second-order valence-electron chi connectivity index (χ2n) is 12.4. The van der Waals surface area contributed by atoms with Crippen molar-refractivity contribution in [3.05, 3.63) is 24.0 Å². The quantitative estimate of drug-likeness (QED) is 0.368. The Morgan fingerprint density at radius 3 is 2.44 bits per heavy atom. The van der Waals surface area contributed by atoms with E-state index in [4.69, 9.17) is 9.47 Å². The van der Waals surface area contributed by atoms with Crippen LogP contribution in [0.2, 0.25) is 0 Å². The maximum Gasteiger partial charge on any atom is 0.410 e. The van der Waals surface area contributed by atoms with Crippen LogP contribution >= 0.6 is 0 Å². The van der Waals surface area contributed by atoms with Gasteiger partial charge in [0.2, 0.25) is 5.91 Å². The van der Waals surface area contributed by atoms with Crippen molar-refractivity contribution in [2.75, 3.05) is 32.8 Å². The van der Waals surface area contributed by atoms with Gasteiger partial charge in [-0.1, -0.05) is 6.92 Å². The highest BCUT2D eigenvalue weighted by molar-refractivity contribution is 5.84. The Morgan fingerprint density at radius 1 is 1.05 bits per heavy atom. The molecule has 10 nitrogen and oxygen atoms in total. The number of carbonyl (C=O) groups is 4.